The van der Waals surface area contributed by atoms with Crippen molar-refractivity contribution in [2.45, 2.75) is 13.0 Å². The van der Waals surface area contributed by atoms with Crippen LogP contribution in [-0.4, -0.2) is 43.1 Å². The lowest BCUT2D eigenvalue weighted by molar-refractivity contribution is -0.857. The fourth-order valence-electron chi connectivity index (χ4n) is 2.33. The number of quaternary nitrogens is 1. The van der Waals surface area contributed by atoms with Crippen LogP contribution in [0.5, 0.6) is 0 Å². The number of hydrogen-bond acceptors (Lipinski definition) is 2. The zero-order valence-corrected chi connectivity index (χ0v) is 14.0. The highest BCUT2D eigenvalue weighted by molar-refractivity contribution is 5.89. The molecule has 2 N–H and O–H groups in total. The van der Waals surface area contributed by atoms with Crippen LogP contribution < -0.4 is 10.2 Å². The Kier molecular flexibility index (Phi) is 6.11. The largest absolute Gasteiger partial charge is 0.338 e. The molecule has 2 amide bonds. The number of hydrogen-bond donors (Lipinski definition) is 2. The summed E-state index contributed by atoms with van der Waals surface area (Å²) in [4.78, 5) is 20.1. The Morgan fingerprint density at radius 1 is 1.22 bits per heavy atom. The molecular formula is C18H25N4O+. The third-order valence-corrected chi connectivity index (χ3v) is 3.77. The van der Waals surface area contributed by atoms with Gasteiger partial charge in [0.25, 0.3) is 0 Å². The number of nitrogens with one attached hydrogen (secondary N) is 2. The van der Waals surface area contributed by atoms with Gasteiger partial charge in [0.05, 0.1) is 33.2 Å². The molecule has 5 nitrogen and oxygen atoms in total. The summed E-state index contributed by atoms with van der Waals surface area (Å²) >= 11 is 0. The molecule has 0 bridgehead atoms. The van der Waals surface area contributed by atoms with Crippen molar-refractivity contribution in [2.75, 3.05) is 32.5 Å². The molecule has 1 aromatic carbocycles. The molecule has 1 aromatic heterocycles. The van der Waals surface area contributed by atoms with E-state index in [4.69, 9.17) is 0 Å². The van der Waals surface area contributed by atoms with E-state index >= 15 is 0 Å². The summed E-state index contributed by atoms with van der Waals surface area (Å²) in [5.41, 5.74) is 1.84. The number of likely N-dealkylation sites (N-methyl/N-ethyl adjacent to an activating group) is 1. The molecule has 0 saturated heterocycles. The molecule has 5 heteroatoms. The van der Waals surface area contributed by atoms with E-state index in [1.165, 1.54) is 4.90 Å². The zero-order valence-electron chi connectivity index (χ0n) is 14.0. The predicted molar refractivity (Wildman–Crippen MR) is 92.5 cm³/mol. The fourth-order valence-corrected chi connectivity index (χ4v) is 2.33. The number of benzene rings is 1. The van der Waals surface area contributed by atoms with Crippen molar-refractivity contribution in [3.05, 3.63) is 60.4 Å². The van der Waals surface area contributed by atoms with Gasteiger partial charge in [0, 0.05) is 18.1 Å². The monoisotopic (exact) mass is 313 g/mol. The van der Waals surface area contributed by atoms with E-state index in [2.05, 4.69) is 24.4 Å². The lowest BCUT2D eigenvalue weighted by atomic mass is 10.1. The van der Waals surface area contributed by atoms with Crippen molar-refractivity contribution < 1.29 is 9.69 Å². The standard InChI is InChI=1S/C18H24N4O/c1-15(16-8-7-11-19-14-16)22(13-12-21(2)3)18(23)20-17-9-5-4-6-10-17/h4-11,14-15H,12-13H2,1-3H3,(H,20,23)/p+1. The van der Waals surface area contributed by atoms with Gasteiger partial charge in [-0.25, -0.2) is 4.79 Å². The molecule has 0 aliphatic carbocycles. The summed E-state index contributed by atoms with van der Waals surface area (Å²) < 4.78 is 0. The smallest absolute Gasteiger partial charge is 0.322 e. The number of aromatic nitrogens is 1. The molecule has 0 aliphatic rings. The molecule has 2 aromatic rings. The second-order valence-electron chi connectivity index (χ2n) is 5.91. The van der Waals surface area contributed by atoms with Crippen LogP contribution in [0.3, 0.4) is 0 Å². The van der Waals surface area contributed by atoms with Gasteiger partial charge < -0.3 is 15.1 Å². The van der Waals surface area contributed by atoms with Gasteiger partial charge in [-0.3, -0.25) is 4.98 Å². The Balaban J connectivity index is 2.14. The van der Waals surface area contributed by atoms with E-state index in [9.17, 15) is 4.79 Å². The quantitative estimate of drug-likeness (QED) is 0.855. The number of rotatable bonds is 6. The maximum atomic E-state index is 12.7. The molecule has 0 spiro atoms. The summed E-state index contributed by atoms with van der Waals surface area (Å²) in [6.07, 6.45) is 3.56. The van der Waals surface area contributed by atoms with Gasteiger partial charge in [0.15, 0.2) is 0 Å². The van der Waals surface area contributed by atoms with Gasteiger partial charge in [-0.2, -0.15) is 0 Å². The van der Waals surface area contributed by atoms with E-state index in [1.807, 2.05) is 60.5 Å². The van der Waals surface area contributed by atoms with Crippen LogP contribution in [0, 0.1) is 0 Å². The van der Waals surface area contributed by atoms with Crippen molar-refractivity contribution in [1.29, 1.82) is 0 Å². The molecule has 0 saturated carbocycles. The van der Waals surface area contributed by atoms with Crippen molar-refractivity contribution in [3.8, 4) is 0 Å². The molecule has 1 heterocycles. The Hall–Kier alpha value is -2.40. The second-order valence-corrected chi connectivity index (χ2v) is 5.91. The van der Waals surface area contributed by atoms with Gasteiger partial charge in [-0.1, -0.05) is 24.3 Å². The van der Waals surface area contributed by atoms with E-state index in [-0.39, 0.29) is 12.1 Å². The van der Waals surface area contributed by atoms with E-state index in [0.717, 1.165) is 17.8 Å². The predicted octanol–water partition coefficient (Wildman–Crippen LogP) is 1.82. The van der Waals surface area contributed by atoms with Crippen LogP contribution in [0.1, 0.15) is 18.5 Å². The van der Waals surface area contributed by atoms with Crippen molar-refractivity contribution >= 4 is 11.7 Å². The number of carbonyl (C=O) groups is 1. The third-order valence-electron chi connectivity index (χ3n) is 3.77. The summed E-state index contributed by atoms with van der Waals surface area (Å²) in [5.74, 6) is 0. The highest BCUT2D eigenvalue weighted by Crippen LogP contribution is 2.20. The van der Waals surface area contributed by atoms with Crippen LogP contribution >= 0.6 is 0 Å². The molecule has 1 unspecified atom stereocenters. The summed E-state index contributed by atoms with van der Waals surface area (Å²) in [5, 5.41) is 2.97. The highest BCUT2D eigenvalue weighted by Gasteiger charge is 2.22. The van der Waals surface area contributed by atoms with E-state index in [0.29, 0.717) is 6.54 Å². The van der Waals surface area contributed by atoms with Gasteiger partial charge in [0.1, 0.15) is 0 Å². The van der Waals surface area contributed by atoms with Crippen molar-refractivity contribution in [1.82, 2.24) is 9.88 Å². The topological polar surface area (TPSA) is 49.7 Å². The van der Waals surface area contributed by atoms with Crippen LogP contribution in [0.15, 0.2) is 54.9 Å². The minimum Gasteiger partial charge on any atom is -0.338 e. The van der Waals surface area contributed by atoms with Gasteiger partial charge in [-0.15, -0.1) is 0 Å². The Labute approximate surface area is 137 Å². The molecule has 122 valence electrons. The first kappa shape index (κ1) is 17.0. The Morgan fingerprint density at radius 3 is 2.57 bits per heavy atom. The number of urea groups is 1. The lowest BCUT2D eigenvalue weighted by Gasteiger charge is -2.29. The number of amides is 2. The number of pyridine rings is 1. The van der Waals surface area contributed by atoms with Gasteiger partial charge in [-0.05, 0) is 30.7 Å². The number of nitrogens with zero attached hydrogens (tertiary/aromatic N) is 2. The first-order valence-corrected chi connectivity index (χ1v) is 7.89. The molecule has 1 atom stereocenters. The summed E-state index contributed by atoms with van der Waals surface area (Å²) in [6, 6.07) is 13.3. The van der Waals surface area contributed by atoms with Crippen LogP contribution in [0.4, 0.5) is 10.5 Å². The number of anilines is 1. The first-order chi connectivity index (χ1) is 11.1. The molecule has 0 fully saturated rings. The molecule has 2 rings (SSSR count). The zero-order chi connectivity index (χ0) is 16.7. The van der Waals surface area contributed by atoms with Gasteiger partial charge in [0.2, 0.25) is 0 Å². The number of carbonyl (C=O) groups excluding carboxylic acids is 1. The van der Waals surface area contributed by atoms with Crippen molar-refractivity contribution in [2.24, 2.45) is 0 Å². The first-order valence-electron chi connectivity index (χ1n) is 7.89. The number of para-hydroxylation sites is 1. The third kappa shape index (κ3) is 5.07. The fraction of sp³-hybridized carbons (Fsp3) is 0.333. The van der Waals surface area contributed by atoms with Crippen LogP contribution in [-0.2, 0) is 0 Å². The van der Waals surface area contributed by atoms with E-state index in [1.54, 1.807) is 6.20 Å². The second kappa shape index (κ2) is 8.29. The van der Waals surface area contributed by atoms with Crippen LogP contribution in [0.2, 0.25) is 0 Å². The molecule has 0 radical (unpaired) electrons. The average molecular weight is 313 g/mol. The minimum atomic E-state index is -0.0891. The molecular weight excluding hydrogens is 288 g/mol. The van der Waals surface area contributed by atoms with Crippen LogP contribution in [0.25, 0.3) is 0 Å². The normalized spacial score (nSPS) is 12.0. The SMILES string of the molecule is CC(c1cccnc1)N(CC[NH+](C)C)C(=O)Nc1ccccc1. The maximum absolute atomic E-state index is 12.7. The average Bonchev–Trinajstić information content (AvgIpc) is 2.56. The Bertz CT molecular complexity index is 601. The lowest BCUT2D eigenvalue weighted by Crippen LogP contribution is -3.06. The molecule has 23 heavy (non-hydrogen) atoms. The van der Waals surface area contributed by atoms with Gasteiger partial charge >= 0.3 is 6.03 Å². The summed E-state index contributed by atoms with van der Waals surface area (Å²) in [7, 11) is 4.17. The minimum absolute atomic E-state index is 0.0354. The van der Waals surface area contributed by atoms with Crippen molar-refractivity contribution in [3.63, 3.8) is 0 Å². The molecule has 0 aliphatic heterocycles. The maximum Gasteiger partial charge on any atom is 0.322 e. The van der Waals surface area contributed by atoms with E-state index < -0.39 is 0 Å². The highest BCUT2D eigenvalue weighted by atomic mass is 16.2. The summed E-state index contributed by atoms with van der Waals surface area (Å²) in [6.45, 7) is 3.59. The Morgan fingerprint density at radius 2 is 1.96 bits per heavy atom.